The fourth-order valence-electron chi connectivity index (χ4n) is 2.75. The molecule has 0 bridgehead atoms. The first kappa shape index (κ1) is 20.2. The van der Waals surface area contributed by atoms with Crippen molar-refractivity contribution >= 4 is 23.0 Å². The van der Waals surface area contributed by atoms with Crippen LogP contribution in [0, 0.1) is 11.3 Å². The Bertz CT molecular complexity index is 973. The molecule has 2 aromatic heterocycles. The number of hydrogen-bond acceptors (Lipinski definition) is 7. The maximum atomic E-state index is 8.92. The summed E-state index contributed by atoms with van der Waals surface area (Å²) in [6, 6.07) is 13.4. The Kier molecular flexibility index (Phi) is 6.66. The lowest BCUT2D eigenvalue weighted by molar-refractivity contribution is 0.292. The summed E-state index contributed by atoms with van der Waals surface area (Å²) in [5.41, 5.74) is 3.20. The smallest absolute Gasteiger partial charge is 0.148 e. The number of nitrogens with one attached hydrogen (secondary N) is 3. The highest BCUT2D eigenvalue weighted by Crippen LogP contribution is 2.25. The Labute approximate surface area is 170 Å². The van der Waals surface area contributed by atoms with Crippen LogP contribution in [0.15, 0.2) is 48.8 Å². The van der Waals surface area contributed by atoms with Crippen LogP contribution in [0.1, 0.15) is 25.8 Å². The molecule has 8 nitrogen and oxygen atoms in total. The lowest BCUT2D eigenvalue weighted by atomic mass is 10.2. The Hall–Kier alpha value is -3.57. The highest BCUT2D eigenvalue weighted by atomic mass is 16.3. The number of nitriles is 1. The first-order valence-corrected chi connectivity index (χ1v) is 9.53. The summed E-state index contributed by atoms with van der Waals surface area (Å²) in [6.07, 6.45) is 4.31. The molecule has 8 heteroatoms. The zero-order chi connectivity index (χ0) is 20.6. The van der Waals surface area contributed by atoms with Crippen molar-refractivity contribution in [3.63, 3.8) is 0 Å². The van der Waals surface area contributed by atoms with E-state index in [1.807, 2.05) is 30.5 Å². The van der Waals surface area contributed by atoms with Crippen LogP contribution in [0.2, 0.25) is 0 Å². The van der Waals surface area contributed by atoms with Crippen LogP contribution in [0.5, 0.6) is 0 Å². The molecule has 0 aliphatic carbocycles. The standard InChI is InChI=1S/C21H25N7O/c1-15(2)25-18-12-21(26-17-6-4-16(13-22)5-7-17)24-14-19(18)28-10-8-20(27-28)23-9-3-11-29/h4-8,10,12,14-15,29H,3,9,11H2,1-2H3,(H,23,27)(H2,24,25,26). The molecule has 0 aliphatic rings. The average molecular weight is 391 g/mol. The minimum atomic E-state index is 0.147. The summed E-state index contributed by atoms with van der Waals surface area (Å²) in [4.78, 5) is 4.52. The molecule has 0 saturated heterocycles. The van der Waals surface area contributed by atoms with Crippen LogP contribution in [0.4, 0.5) is 23.0 Å². The molecule has 2 heterocycles. The van der Waals surface area contributed by atoms with Gasteiger partial charge < -0.3 is 21.1 Å². The number of aliphatic hydroxyl groups is 1. The van der Waals surface area contributed by atoms with Crippen molar-refractivity contribution in [1.29, 1.82) is 5.26 Å². The van der Waals surface area contributed by atoms with E-state index in [-0.39, 0.29) is 12.6 Å². The monoisotopic (exact) mass is 391 g/mol. The highest BCUT2D eigenvalue weighted by molar-refractivity contribution is 5.68. The van der Waals surface area contributed by atoms with Gasteiger partial charge in [0.15, 0.2) is 0 Å². The van der Waals surface area contributed by atoms with E-state index in [9.17, 15) is 0 Å². The summed E-state index contributed by atoms with van der Waals surface area (Å²) in [6.45, 7) is 4.95. The zero-order valence-corrected chi connectivity index (χ0v) is 16.6. The van der Waals surface area contributed by atoms with Gasteiger partial charge in [-0.1, -0.05) is 0 Å². The third-order valence-electron chi connectivity index (χ3n) is 4.09. The molecular weight excluding hydrogens is 366 g/mol. The van der Waals surface area contributed by atoms with Gasteiger partial charge >= 0.3 is 0 Å². The van der Waals surface area contributed by atoms with Crippen LogP contribution >= 0.6 is 0 Å². The predicted octanol–water partition coefficient (Wildman–Crippen LogP) is 3.50. The van der Waals surface area contributed by atoms with Gasteiger partial charge in [-0.25, -0.2) is 9.67 Å². The summed E-state index contributed by atoms with van der Waals surface area (Å²) >= 11 is 0. The number of anilines is 4. The fraction of sp³-hybridized carbons (Fsp3) is 0.286. The molecule has 0 spiro atoms. The van der Waals surface area contributed by atoms with Gasteiger partial charge in [0, 0.05) is 43.2 Å². The Balaban J connectivity index is 1.83. The zero-order valence-electron chi connectivity index (χ0n) is 16.6. The second-order valence-electron chi connectivity index (χ2n) is 6.85. The van der Waals surface area contributed by atoms with Gasteiger partial charge in [-0.3, -0.25) is 0 Å². The quantitative estimate of drug-likeness (QED) is 0.413. The summed E-state index contributed by atoms with van der Waals surface area (Å²) in [7, 11) is 0. The van der Waals surface area contributed by atoms with Crippen molar-refractivity contribution in [2.75, 3.05) is 29.1 Å². The molecule has 0 atom stereocenters. The van der Waals surface area contributed by atoms with Crippen LogP contribution < -0.4 is 16.0 Å². The summed E-state index contributed by atoms with van der Waals surface area (Å²) in [5.74, 6) is 1.43. The minimum absolute atomic E-state index is 0.147. The van der Waals surface area contributed by atoms with Gasteiger partial charge in [0.1, 0.15) is 17.3 Å². The van der Waals surface area contributed by atoms with Crippen LogP contribution in [-0.2, 0) is 0 Å². The molecule has 0 radical (unpaired) electrons. The first-order chi connectivity index (χ1) is 14.1. The number of hydrogen-bond donors (Lipinski definition) is 4. The van der Waals surface area contributed by atoms with Crippen LogP contribution in [0.3, 0.4) is 0 Å². The second kappa shape index (κ2) is 9.57. The molecular formula is C21H25N7O. The topological polar surface area (TPSA) is 111 Å². The molecule has 4 N–H and O–H groups in total. The van der Waals surface area contributed by atoms with E-state index in [0.717, 1.165) is 22.9 Å². The fourth-order valence-corrected chi connectivity index (χ4v) is 2.75. The lowest BCUT2D eigenvalue weighted by Crippen LogP contribution is -2.13. The molecule has 3 rings (SSSR count). The van der Waals surface area contributed by atoms with Crippen molar-refractivity contribution < 1.29 is 5.11 Å². The molecule has 0 amide bonds. The van der Waals surface area contributed by atoms with E-state index in [4.69, 9.17) is 10.4 Å². The Morgan fingerprint density at radius 2 is 1.97 bits per heavy atom. The van der Waals surface area contributed by atoms with Crippen molar-refractivity contribution in [3.8, 4) is 11.8 Å². The number of aliphatic hydroxyl groups excluding tert-OH is 1. The van der Waals surface area contributed by atoms with Crippen molar-refractivity contribution in [2.45, 2.75) is 26.3 Å². The summed E-state index contributed by atoms with van der Waals surface area (Å²) in [5, 5.41) is 32.3. The normalized spacial score (nSPS) is 10.6. The average Bonchev–Trinajstić information content (AvgIpc) is 3.17. The van der Waals surface area contributed by atoms with Crippen molar-refractivity contribution in [3.05, 3.63) is 54.4 Å². The number of rotatable bonds is 9. The Morgan fingerprint density at radius 3 is 2.66 bits per heavy atom. The van der Waals surface area contributed by atoms with Crippen molar-refractivity contribution in [2.24, 2.45) is 0 Å². The van der Waals surface area contributed by atoms with E-state index in [1.165, 1.54) is 0 Å². The maximum Gasteiger partial charge on any atom is 0.148 e. The SMILES string of the molecule is CC(C)Nc1cc(Nc2ccc(C#N)cc2)ncc1-n1ccc(NCCCO)n1. The number of nitrogens with zero attached hydrogens (tertiary/aromatic N) is 4. The Morgan fingerprint density at radius 1 is 1.17 bits per heavy atom. The highest BCUT2D eigenvalue weighted by Gasteiger charge is 2.11. The summed E-state index contributed by atoms with van der Waals surface area (Å²) < 4.78 is 1.77. The van der Waals surface area contributed by atoms with Gasteiger partial charge in [0.05, 0.1) is 23.5 Å². The third kappa shape index (κ3) is 5.46. The number of benzene rings is 1. The predicted molar refractivity (Wildman–Crippen MR) is 115 cm³/mol. The first-order valence-electron chi connectivity index (χ1n) is 9.53. The van der Waals surface area contributed by atoms with Gasteiger partial charge in [-0.15, -0.1) is 0 Å². The van der Waals surface area contributed by atoms with Gasteiger partial charge in [0.2, 0.25) is 0 Å². The molecule has 0 unspecified atom stereocenters. The van der Waals surface area contributed by atoms with Crippen LogP contribution in [-0.4, -0.2) is 39.1 Å². The molecule has 3 aromatic rings. The maximum absolute atomic E-state index is 8.92. The van der Waals surface area contributed by atoms with Gasteiger partial charge in [0.25, 0.3) is 0 Å². The molecule has 0 saturated carbocycles. The minimum Gasteiger partial charge on any atom is -0.396 e. The third-order valence-corrected chi connectivity index (χ3v) is 4.09. The van der Waals surface area contributed by atoms with Gasteiger partial charge in [-0.05, 0) is 44.5 Å². The molecule has 29 heavy (non-hydrogen) atoms. The molecule has 1 aromatic carbocycles. The van der Waals surface area contributed by atoms with Crippen molar-refractivity contribution in [1.82, 2.24) is 14.8 Å². The molecule has 0 aliphatic heterocycles. The molecule has 150 valence electrons. The van der Waals surface area contributed by atoms with E-state index >= 15 is 0 Å². The number of pyridine rings is 1. The van der Waals surface area contributed by atoms with E-state index in [0.29, 0.717) is 24.3 Å². The largest absolute Gasteiger partial charge is 0.396 e. The lowest BCUT2D eigenvalue weighted by Gasteiger charge is -2.16. The second-order valence-corrected chi connectivity index (χ2v) is 6.85. The van der Waals surface area contributed by atoms with Crippen LogP contribution in [0.25, 0.3) is 5.69 Å². The van der Waals surface area contributed by atoms with E-state index in [1.54, 1.807) is 23.0 Å². The van der Waals surface area contributed by atoms with E-state index < -0.39 is 0 Å². The molecule has 0 fully saturated rings. The van der Waals surface area contributed by atoms with E-state index in [2.05, 4.69) is 45.9 Å². The van der Waals surface area contributed by atoms with Gasteiger partial charge in [-0.2, -0.15) is 10.4 Å². The number of aromatic nitrogens is 3.